The number of nitrogens with zero attached hydrogens (tertiary/aromatic N) is 5. The fourth-order valence-corrected chi connectivity index (χ4v) is 2.24. The maximum Gasteiger partial charge on any atom is 0.226 e. The van der Waals surface area contributed by atoms with E-state index in [0.29, 0.717) is 24.9 Å². The number of aromatic nitrogens is 4. The van der Waals surface area contributed by atoms with Crippen molar-refractivity contribution < 1.29 is 4.42 Å². The maximum atomic E-state index is 5.53. The molecule has 0 fully saturated rings. The Morgan fingerprint density at radius 2 is 2.08 bits per heavy atom. The molecule has 0 aliphatic heterocycles. The van der Waals surface area contributed by atoms with Gasteiger partial charge >= 0.3 is 0 Å². The molecular formula is C17H21N7O. The molecular weight excluding hydrogens is 318 g/mol. The van der Waals surface area contributed by atoms with Crippen LogP contribution in [-0.4, -0.2) is 32.3 Å². The summed E-state index contributed by atoms with van der Waals surface area (Å²) in [5, 5.41) is 10.5. The van der Waals surface area contributed by atoms with Crippen LogP contribution in [0.5, 0.6) is 0 Å². The van der Waals surface area contributed by atoms with Crippen molar-refractivity contribution in [1.29, 1.82) is 0 Å². The number of aliphatic imine (C=N–C) groups is 1. The average molecular weight is 339 g/mol. The number of nitrogens with one attached hydrogen (secondary N) is 2. The maximum absolute atomic E-state index is 5.53. The van der Waals surface area contributed by atoms with Gasteiger partial charge in [0, 0.05) is 19.2 Å². The molecule has 0 spiro atoms. The van der Waals surface area contributed by atoms with Crippen molar-refractivity contribution in [2.75, 3.05) is 6.54 Å². The average Bonchev–Trinajstić information content (AvgIpc) is 3.27. The molecule has 8 heteroatoms. The minimum absolute atomic E-state index is 0.421. The highest BCUT2D eigenvalue weighted by molar-refractivity contribution is 5.79. The first-order valence-electron chi connectivity index (χ1n) is 8.11. The first-order chi connectivity index (χ1) is 12.3. The molecule has 0 saturated heterocycles. The number of oxazole rings is 1. The molecule has 0 atom stereocenters. The summed E-state index contributed by atoms with van der Waals surface area (Å²) in [6.07, 6.45) is 3.17. The van der Waals surface area contributed by atoms with Gasteiger partial charge in [-0.15, -0.1) is 0 Å². The lowest BCUT2D eigenvalue weighted by Crippen LogP contribution is -2.37. The highest BCUT2D eigenvalue weighted by atomic mass is 16.3. The number of benzene rings is 1. The zero-order valence-electron chi connectivity index (χ0n) is 14.3. The zero-order chi connectivity index (χ0) is 17.5. The smallest absolute Gasteiger partial charge is 0.226 e. The van der Waals surface area contributed by atoms with Crippen molar-refractivity contribution in [3.05, 3.63) is 54.4 Å². The lowest BCUT2D eigenvalue weighted by molar-refractivity contribution is 0.572. The summed E-state index contributed by atoms with van der Waals surface area (Å²) in [5.74, 6) is 2.12. The van der Waals surface area contributed by atoms with Crippen molar-refractivity contribution in [3.63, 3.8) is 0 Å². The molecule has 0 amide bonds. The van der Waals surface area contributed by atoms with Crippen LogP contribution in [-0.2, 0) is 20.1 Å². The molecule has 0 saturated carbocycles. The van der Waals surface area contributed by atoms with E-state index in [1.165, 1.54) is 6.33 Å². The minimum atomic E-state index is 0.421. The fraction of sp³-hybridized carbons (Fsp3) is 0.294. The van der Waals surface area contributed by atoms with Gasteiger partial charge in [0.2, 0.25) is 5.89 Å². The Kier molecular flexibility index (Phi) is 5.40. The van der Waals surface area contributed by atoms with E-state index in [-0.39, 0.29) is 0 Å². The van der Waals surface area contributed by atoms with E-state index in [0.717, 1.165) is 23.6 Å². The van der Waals surface area contributed by atoms with Gasteiger partial charge in [0.1, 0.15) is 24.1 Å². The second-order valence-electron chi connectivity index (χ2n) is 5.36. The molecule has 0 aliphatic rings. The molecule has 2 heterocycles. The van der Waals surface area contributed by atoms with Gasteiger partial charge in [-0.2, -0.15) is 5.10 Å². The Bertz CT molecular complexity index is 822. The van der Waals surface area contributed by atoms with E-state index in [9.17, 15) is 0 Å². The summed E-state index contributed by atoms with van der Waals surface area (Å²) < 4.78 is 7.26. The molecule has 0 bridgehead atoms. The number of rotatable bonds is 6. The van der Waals surface area contributed by atoms with E-state index in [1.54, 1.807) is 10.9 Å². The SMILES string of the molecule is CCNC(=NCc1coc(-c2ccccc2)n1)NCc1ncnn1C. The van der Waals surface area contributed by atoms with E-state index < -0.39 is 0 Å². The highest BCUT2D eigenvalue weighted by Gasteiger charge is 2.07. The van der Waals surface area contributed by atoms with E-state index >= 15 is 0 Å². The Balaban J connectivity index is 1.63. The molecule has 0 radical (unpaired) electrons. The Morgan fingerprint density at radius 1 is 1.24 bits per heavy atom. The van der Waals surface area contributed by atoms with Crippen LogP contribution in [0.15, 0.2) is 52.3 Å². The van der Waals surface area contributed by atoms with Gasteiger partial charge in [-0.3, -0.25) is 4.68 Å². The standard InChI is InChI=1S/C17H21N7O/c1-3-18-17(20-10-15-21-12-22-24(15)2)19-9-14-11-25-16(23-14)13-7-5-4-6-8-13/h4-8,11-12H,3,9-10H2,1-2H3,(H2,18,19,20). The summed E-state index contributed by atoms with van der Waals surface area (Å²) in [5.41, 5.74) is 1.72. The highest BCUT2D eigenvalue weighted by Crippen LogP contribution is 2.18. The summed E-state index contributed by atoms with van der Waals surface area (Å²) in [6, 6.07) is 9.80. The molecule has 0 unspecified atom stereocenters. The second kappa shape index (κ2) is 8.09. The first-order valence-corrected chi connectivity index (χ1v) is 8.11. The van der Waals surface area contributed by atoms with E-state index in [2.05, 4.69) is 30.7 Å². The monoisotopic (exact) mass is 339 g/mol. The largest absolute Gasteiger partial charge is 0.444 e. The van der Waals surface area contributed by atoms with Crippen LogP contribution in [0.4, 0.5) is 0 Å². The minimum Gasteiger partial charge on any atom is -0.444 e. The fourth-order valence-electron chi connectivity index (χ4n) is 2.24. The van der Waals surface area contributed by atoms with E-state index in [4.69, 9.17) is 4.42 Å². The van der Waals surface area contributed by atoms with E-state index in [1.807, 2.05) is 44.3 Å². The summed E-state index contributed by atoms with van der Waals surface area (Å²) >= 11 is 0. The van der Waals surface area contributed by atoms with Crippen LogP contribution in [0.3, 0.4) is 0 Å². The van der Waals surface area contributed by atoms with Crippen LogP contribution in [0.25, 0.3) is 11.5 Å². The van der Waals surface area contributed by atoms with Gasteiger partial charge in [0.25, 0.3) is 0 Å². The zero-order valence-corrected chi connectivity index (χ0v) is 14.3. The van der Waals surface area contributed by atoms with Crippen LogP contribution >= 0.6 is 0 Å². The molecule has 3 aromatic rings. The third-order valence-electron chi connectivity index (χ3n) is 3.53. The topological polar surface area (TPSA) is 93.2 Å². The van der Waals surface area contributed by atoms with Crippen molar-refractivity contribution in [1.82, 2.24) is 30.4 Å². The molecule has 25 heavy (non-hydrogen) atoms. The van der Waals surface area contributed by atoms with Crippen LogP contribution < -0.4 is 10.6 Å². The summed E-state index contributed by atoms with van der Waals surface area (Å²) in [6.45, 7) is 3.74. The molecule has 130 valence electrons. The number of hydrogen-bond acceptors (Lipinski definition) is 5. The summed E-state index contributed by atoms with van der Waals surface area (Å²) in [4.78, 5) is 13.2. The van der Waals surface area contributed by atoms with Gasteiger partial charge in [0.15, 0.2) is 5.96 Å². The molecule has 1 aromatic carbocycles. The third-order valence-corrected chi connectivity index (χ3v) is 3.53. The molecule has 8 nitrogen and oxygen atoms in total. The lowest BCUT2D eigenvalue weighted by Gasteiger charge is -2.10. The van der Waals surface area contributed by atoms with Crippen molar-refractivity contribution in [3.8, 4) is 11.5 Å². The third kappa shape index (κ3) is 4.43. The Hall–Kier alpha value is -3.16. The number of aryl methyl sites for hydroxylation is 1. The quantitative estimate of drug-likeness (QED) is 0.525. The predicted octanol–water partition coefficient (Wildman–Crippen LogP) is 1.73. The van der Waals surface area contributed by atoms with Gasteiger partial charge in [-0.25, -0.2) is 15.0 Å². The van der Waals surface area contributed by atoms with Gasteiger partial charge in [-0.05, 0) is 19.1 Å². The van der Waals surface area contributed by atoms with Crippen LogP contribution in [0.1, 0.15) is 18.4 Å². The normalized spacial score (nSPS) is 11.5. The number of hydrogen-bond donors (Lipinski definition) is 2. The van der Waals surface area contributed by atoms with Gasteiger partial charge in [-0.1, -0.05) is 18.2 Å². The number of guanidine groups is 1. The van der Waals surface area contributed by atoms with Crippen LogP contribution in [0.2, 0.25) is 0 Å². The molecule has 2 aromatic heterocycles. The Labute approximate surface area is 146 Å². The molecule has 2 N–H and O–H groups in total. The van der Waals surface area contributed by atoms with Crippen molar-refractivity contribution in [2.24, 2.45) is 12.0 Å². The summed E-state index contributed by atoms with van der Waals surface area (Å²) in [7, 11) is 1.86. The van der Waals surface area contributed by atoms with Crippen LogP contribution in [0, 0.1) is 0 Å². The van der Waals surface area contributed by atoms with Crippen molar-refractivity contribution >= 4 is 5.96 Å². The molecule has 3 rings (SSSR count). The predicted molar refractivity (Wildman–Crippen MR) is 94.6 cm³/mol. The van der Waals surface area contributed by atoms with Gasteiger partial charge in [0.05, 0.1) is 13.1 Å². The van der Waals surface area contributed by atoms with Gasteiger partial charge < -0.3 is 15.1 Å². The molecule has 0 aliphatic carbocycles. The first kappa shape index (κ1) is 16.7. The van der Waals surface area contributed by atoms with Crippen molar-refractivity contribution in [2.45, 2.75) is 20.0 Å². The lowest BCUT2D eigenvalue weighted by atomic mass is 10.2. The second-order valence-corrected chi connectivity index (χ2v) is 5.36. The Morgan fingerprint density at radius 3 is 2.80 bits per heavy atom.